The Morgan fingerprint density at radius 2 is 0.608 bits per heavy atom. The maximum atomic E-state index is 15.0. The highest BCUT2D eigenvalue weighted by Gasteiger charge is 2.42. The SMILES string of the molecule is CCCCCCCCCCCCCCCCC(CO)(CCCCCCCCCCCCCCCC)CN1C(=O)c2ccc3c4ccc5c6c(ccc(c7ccc(c2c37)C1=O)c64)C(=O)N(C(CCCCCC)CCCCCC)C5=O. The summed E-state index contributed by atoms with van der Waals surface area (Å²) in [5.74, 6) is -0.964. The second-order valence-corrected chi connectivity index (χ2v) is 25.0. The Balaban J connectivity index is 1.06. The lowest BCUT2D eigenvalue weighted by Gasteiger charge is -2.38. The molecular weight excluding hydrogens is 973 g/mol. The summed E-state index contributed by atoms with van der Waals surface area (Å²) in [5.41, 5.74) is 1.63. The van der Waals surface area contributed by atoms with Crippen molar-refractivity contribution in [1.29, 1.82) is 0 Å². The minimum Gasteiger partial charge on any atom is -0.396 e. The molecule has 0 atom stereocenters. The Labute approximate surface area is 478 Å². The first-order valence-corrected chi connectivity index (χ1v) is 33.3. The molecule has 0 saturated heterocycles. The summed E-state index contributed by atoms with van der Waals surface area (Å²) >= 11 is 0. The number of carbonyl (C=O) groups is 4. The molecule has 2 aliphatic rings. The summed E-state index contributed by atoms with van der Waals surface area (Å²) in [6.07, 6.45) is 48.0. The third kappa shape index (κ3) is 16.0. The number of aliphatic hydroxyl groups is 1. The molecular formula is C72H106N2O5. The Morgan fingerprint density at radius 1 is 0.342 bits per heavy atom. The van der Waals surface area contributed by atoms with Gasteiger partial charge in [-0.1, -0.05) is 283 Å². The van der Waals surface area contributed by atoms with Crippen LogP contribution in [0.15, 0.2) is 48.5 Å². The second kappa shape index (κ2) is 32.9. The molecule has 7 nitrogen and oxygen atoms in total. The van der Waals surface area contributed by atoms with Crippen LogP contribution in [-0.2, 0) is 0 Å². The summed E-state index contributed by atoms with van der Waals surface area (Å²) in [6, 6.07) is 15.6. The zero-order valence-electron chi connectivity index (χ0n) is 50.4. The molecule has 0 spiro atoms. The normalized spacial score (nSPS) is 13.9. The fraction of sp³-hybridized carbons (Fsp3) is 0.667. The first-order valence-electron chi connectivity index (χ1n) is 33.3. The summed E-state index contributed by atoms with van der Waals surface area (Å²) < 4.78 is 0. The fourth-order valence-electron chi connectivity index (χ4n) is 14.0. The van der Waals surface area contributed by atoms with E-state index in [2.05, 4.69) is 27.7 Å². The molecule has 7 heteroatoms. The first kappa shape index (κ1) is 62.2. The van der Waals surface area contributed by atoms with E-state index >= 15 is 9.59 Å². The van der Waals surface area contributed by atoms with E-state index in [1.165, 1.54) is 159 Å². The molecule has 0 aliphatic carbocycles. The van der Waals surface area contributed by atoms with Crippen molar-refractivity contribution in [3.8, 4) is 0 Å². The number of rotatable bonds is 44. The number of benzene rings is 5. The number of hydrogen-bond acceptors (Lipinski definition) is 5. The number of carbonyl (C=O) groups excluding carboxylic acids is 4. The van der Waals surface area contributed by atoms with Gasteiger partial charge in [0.05, 0.1) is 6.61 Å². The topological polar surface area (TPSA) is 95.0 Å². The number of imide groups is 2. The zero-order chi connectivity index (χ0) is 55.8. The van der Waals surface area contributed by atoms with Crippen LogP contribution in [0.1, 0.15) is 326 Å². The number of unbranched alkanes of at least 4 members (excludes halogenated alkanes) is 32. The molecule has 2 aliphatic heterocycles. The maximum Gasteiger partial charge on any atom is 0.261 e. The molecule has 79 heavy (non-hydrogen) atoms. The van der Waals surface area contributed by atoms with E-state index < -0.39 is 5.41 Å². The minimum atomic E-state index is -0.564. The van der Waals surface area contributed by atoms with Crippen LogP contribution in [-0.4, -0.2) is 57.7 Å². The van der Waals surface area contributed by atoms with Crippen molar-refractivity contribution in [2.24, 2.45) is 5.41 Å². The van der Waals surface area contributed by atoms with Crippen molar-refractivity contribution >= 4 is 66.7 Å². The van der Waals surface area contributed by atoms with Crippen LogP contribution < -0.4 is 0 Å². The van der Waals surface area contributed by atoms with Gasteiger partial charge in [0.2, 0.25) is 0 Å². The molecule has 1 N–H and O–H groups in total. The minimum absolute atomic E-state index is 0.0484. The van der Waals surface area contributed by atoms with Gasteiger partial charge >= 0.3 is 0 Å². The molecule has 0 fully saturated rings. The van der Waals surface area contributed by atoms with Crippen molar-refractivity contribution in [2.75, 3.05) is 13.2 Å². The van der Waals surface area contributed by atoms with Gasteiger partial charge in [0.15, 0.2) is 0 Å². The van der Waals surface area contributed by atoms with Crippen LogP contribution in [0.2, 0.25) is 0 Å². The van der Waals surface area contributed by atoms with Gasteiger partial charge in [-0.15, -0.1) is 0 Å². The smallest absolute Gasteiger partial charge is 0.261 e. The molecule has 0 bridgehead atoms. The van der Waals surface area contributed by atoms with Crippen LogP contribution in [0.4, 0.5) is 0 Å². The van der Waals surface area contributed by atoms with Gasteiger partial charge in [-0.25, -0.2) is 0 Å². The van der Waals surface area contributed by atoms with Gasteiger partial charge in [-0.05, 0) is 82.3 Å². The van der Waals surface area contributed by atoms with Crippen LogP contribution in [0.25, 0.3) is 43.1 Å². The van der Waals surface area contributed by atoms with Gasteiger partial charge in [-0.3, -0.25) is 29.0 Å². The third-order valence-electron chi connectivity index (χ3n) is 18.8. The summed E-state index contributed by atoms with van der Waals surface area (Å²) in [7, 11) is 0. The predicted molar refractivity (Wildman–Crippen MR) is 334 cm³/mol. The Morgan fingerprint density at radius 3 is 0.899 bits per heavy atom. The van der Waals surface area contributed by atoms with E-state index in [0.29, 0.717) is 33.0 Å². The quantitative estimate of drug-likeness (QED) is 0.0181. The van der Waals surface area contributed by atoms with E-state index in [0.717, 1.165) is 135 Å². The van der Waals surface area contributed by atoms with Gasteiger partial charge < -0.3 is 5.11 Å². The van der Waals surface area contributed by atoms with Gasteiger partial charge in [0, 0.05) is 51.0 Å². The molecule has 0 unspecified atom stereocenters. The Kier molecular flexibility index (Phi) is 25.9. The molecule has 4 amide bonds. The van der Waals surface area contributed by atoms with Crippen molar-refractivity contribution in [2.45, 2.75) is 291 Å². The van der Waals surface area contributed by atoms with Gasteiger partial charge in [0.1, 0.15) is 0 Å². The number of amides is 4. The highest BCUT2D eigenvalue weighted by Crippen LogP contribution is 2.47. The number of fused-ring (bicyclic) bond motifs is 2. The van der Waals surface area contributed by atoms with Gasteiger partial charge in [-0.2, -0.15) is 0 Å². The average Bonchev–Trinajstić information content (AvgIpc) is 3.32. The molecule has 7 rings (SSSR count). The Bertz CT molecular complexity index is 2520. The highest BCUT2D eigenvalue weighted by atomic mass is 16.3. The molecule has 0 radical (unpaired) electrons. The number of aliphatic hydroxyl groups excluding tert-OH is 1. The summed E-state index contributed by atoms with van der Waals surface area (Å²) in [5, 5.41) is 18.3. The van der Waals surface area contributed by atoms with E-state index in [1.807, 2.05) is 48.5 Å². The molecule has 434 valence electrons. The Hall–Kier alpha value is -4.36. The number of hydrogen-bond donors (Lipinski definition) is 1. The third-order valence-corrected chi connectivity index (χ3v) is 18.8. The lowest BCUT2D eigenvalue weighted by Crippen LogP contribution is -2.48. The summed E-state index contributed by atoms with van der Waals surface area (Å²) in [6.45, 7) is 9.14. The van der Waals surface area contributed by atoms with Gasteiger partial charge in [0.25, 0.3) is 23.6 Å². The lowest BCUT2D eigenvalue weighted by molar-refractivity contribution is 0.0352. The van der Waals surface area contributed by atoms with E-state index in [4.69, 9.17) is 0 Å². The molecule has 5 aromatic carbocycles. The van der Waals surface area contributed by atoms with Crippen LogP contribution in [0, 0.1) is 5.41 Å². The standard InChI is InChI=1S/C72H106N2O5/c1-5-9-13-17-19-21-23-25-27-29-31-33-35-39-51-72(54-75,52-40-36-34-32-30-28-26-24-22-20-18-14-10-6-2)53-73-68(76)60-47-43-56-58-45-49-62-67-63(50-46-59(65(58)67)57-44-48-61(69(73)77)66(60)64(56)57)71(79)74(70(62)78)55(41-37-15-11-7-3)42-38-16-12-8-4/h43-50,55,75H,5-42,51-54H2,1-4H3. The fourth-order valence-corrected chi connectivity index (χ4v) is 14.0. The largest absolute Gasteiger partial charge is 0.396 e. The average molecular weight is 1080 g/mol. The molecule has 5 aromatic rings. The van der Waals surface area contributed by atoms with Crippen molar-refractivity contribution in [3.05, 3.63) is 70.8 Å². The second-order valence-electron chi connectivity index (χ2n) is 25.0. The lowest BCUT2D eigenvalue weighted by atomic mass is 9.77. The molecule has 0 saturated carbocycles. The molecule has 0 aromatic heterocycles. The van der Waals surface area contributed by atoms with E-state index in [1.54, 1.807) is 4.90 Å². The maximum absolute atomic E-state index is 15.0. The van der Waals surface area contributed by atoms with E-state index in [9.17, 15) is 14.7 Å². The monoisotopic (exact) mass is 1080 g/mol. The zero-order valence-corrected chi connectivity index (χ0v) is 50.4. The van der Waals surface area contributed by atoms with Crippen LogP contribution in [0.5, 0.6) is 0 Å². The van der Waals surface area contributed by atoms with Crippen molar-refractivity contribution in [3.63, 3.8) is 0 Å². The highest BCUT2D eigenvalue weighted by molar-refractivity contribution is 6.41. The van der Waals surface area contributed by atoms with Crippen molar-refractivity contribution in [1.82, 2.24) is 9.80 Å². The van der Waals surface area contributed by atoms with E-state index in [-0.39, 0.29) is 42.8 Å². The van der Waals surface area contributed by atoms with Crippen LogP contribution >= 0.6 is 0 Å². The van der Waals surface area contributed by atoms with Crippen LogP contribution in [0.3, 0.4) is 0 Å². The number of nitrogens with zero attached hydrogens (tertiary/aromatic N) is 2. The van der Waals surface area contributed by atoms with Crippen molar-refractivity contribution < 1.29 is 24.3 Å². The predicted octanol–water partition coefficient (Wildman–Crippen LogP) is 21.0. The summed E-state index contributed by atoms with van der Waals surface area (Å²) in [4.78, 5) is 62.5. The first-order chi connectivity index (χ1) is 38.7. The molecule has 2 heterocycles.